The van der Waals surface area contributed by atoms with E-state index in [1.165, 1.54) is 5.48 Å². The predicted octanol–water partition coefficient (Wildman–Crippen LogP) is -0.416. The van der Waals surface area contributed by atoms with E-state index < -0.39 is 38.9 Å². The van der Waals surface area contributed by atoms with E-state index in [0.29, 0.717) is 0 Å². The van der Waals surface area contributed by atoms with E-state index in [1.54, 1.807) is 0 Å². The van der Waals surface area contributed by atoms with Crippen molar-refractivity contribution in [1.29, 1.82) is 0 Å². The second-order valence-electron chi connectivity index (χ2n) is 3.78. The molecule has 108 valence electrons. The number of phenolic OH excluding ortho intramolecular Hbond substituents is 1. The van der Waals surface area contributed by atoms with Gasteiger partial charge in [-0.3, -0.25) is 30.2 Å². The largest absolute Gasteiger partial charge is 0.497 e. The molecule has 5 N–H and O–H groups in total. The Kier molecular flexibility index (Phi) is 4.50. The maximum absolute atomic E-state index is 11.0. The Morgan fingerprint density at radius 2 is 1.75 bits per heavy atom. The number of rotatable bonds is 5. The van der Waals surface area contributed by atoms with Gasteiger partial charge in [-0.15, -0.1) is 0 Å². The molecule has 0 heterocycles. The van der Waals surface area contributed by atoms with Crippen molar-refractivity contribution in [1.82, 2.24) is 5.48 Å². The molecule has 11 heteroatoms. The highest BCUT2D eigenvalue weighted by atomic mass is 16.6. The number of carbonyl (C=O) groups is 1. The Morgan fingerprint density at radius 1 is 1.30 bits per heavy atom. The van der Waals surface area contributed by atoms with Gasteiger partial charge in [-0.2, -0.15) is 0 Å². The molecular formula is C9H10N4O7. The highest BCUT2D eigenvalue weighted by molar-refractivity contribution is 5.80. The Hall–Kier alpha value is -2.79. The standard InChI is InChI=1S/C9H10N4O7/c10-5(9(15)11-16)1-4-2-6(12(17)18)8(14)7(3-4)13(19)20/h2-3,5,14,16H,1,10H2,(H,11,15)/t5-/m0/s1. The Bertz CT molecular complexity index is 538. The normalized spacial score (nSPS) is 11.7. The number of nitro benzene ring substituents is 2. The van der Waals surface area contributed by atoms with E-state index in [0.717, 1.165) is 12.1 Å². The van der Waals surface area contributed by atoms with Gasteiger partial charge >= 0.3 is 11.4 Å². The van der Waals surface area contributed by atoms with Gasteiger partial charge in [0.25, 0.3) is 11.7 Å². The van der Waals surface area contributed by atoms with Crippen LogP contribution >= 0.6 is 0 Å². The summed E-state index contributed by atoms with van der Waals surface area (Å²) < 4.78 is 0. The number of amides is 1. The maximum atomic E-state index is 11.0. The molecule has 1 amide bonds. The number of nitrogens with one attached hydrogen (secondary N) is 1. The lowest BCUT2D eigenvalue weighted by Gasteiger charge is -2.09. The molecule has 1 rings (SSSR count). The minimum atomic E-state index is -1.26. The van der Waals surface area contributed by atoms with Crippen molar-refractivity contribution in [3.8, 4) is 5.75 Å². The third-order valence-electron chi connectivity index (χ3n) is 2.43. The third kappa shape index (κ3) is 3.15. The van der Waals surface area contributed by atoms with Crippen LogP contribution in [0.5, 0.6) is 5.75 Å². The topological polar surface area (TPSA) is 182 Å². The fourth-order valence-electron chi connectivity index (χ4n) is 1.49. The number of nitro groups is 2. The summed E-state index contributed by atoms with van der Waals surface area (Å²) in [5.41, 5.74) is 4.92. The molecule has 11 nitrogen and oxygen atoms in total. The van der Waals surface area contributed by atoms with Crippen molar-refractivity contribution >= 4 is 17.3 Å². The van der Waals surface area contributed by atoms with Gasteiger partial charge in [-0.25, -0.2) is 5.48 Å². The summed E-state index contributed by atoms with van der Waals surface area (Å²) in [6, 6.07) is 0.475. The maximum Gasteiger partial charge on any atom is 0.318 e. The summed E-state index contributed by atoms with van der Waals surface area (Å²) in [5.74, 6) is -2.03. The predicted molar refractivity (Wildman–Crippen MR) is 63.0 cm³/mol. The molecule has 0 aliphatic rings. The smallest absolute Gasteiger partial charge is 0.318 e. The number of carbonyl (C=O) groups excluding carboxylic acids is 1. The van der Waals surface area contributed by atoms with Crippen LogP contribution in [0.3, 0.4) is 0 Å². The minimum absolute atomic E-state index is 0.00250. The lowest BCUT2D eigenvalue weighted by atomic mass is 10.0. The van der Waals surface area contributed by atoms with E-state index >= 15 is 0 Å². The van der Waals surface area contributed by atoms with Gasteiger partial charge in [0.05, 0.1) is 15.9 Å². The van der Waals surface area contributed by atoms with Gasteiger partial charge in [0.2, 0.25) is 0 Å². The second-order valence-corrected chi connectivity index (χ2v) is 3.78. The number of aromatic hydroxyl groups is 1. The van der Waals surface area contributed by atoms with Crippen molar-refractivity contribution in [2.45, 2.75) is 12.5 Å². The van der Waals surface area contributed by atoms with Gasteiger partial charge in [-0.1, -0.05) is 0 Å². The van der Waals surface area contributed by atoms with Crippen LogP contribution in [0.2, 0.25) is 0 Å². The average molecular weight is 286 g/mol. The van der Waals surface area contributed by atoms with Crippen LogP contribution in [0.1, 0.15) is 5.56 Å². The van der Waals surface area contributed by atoms with Crippen LogP contribution in [-0.2, 0) is 11.2 Å². The quantitative estimate of drug-likeness (QED) is 0.319. The Morgan fingerprint density at radius 3 is 2.10 bits per heavy atom. The molecule has 0 fully saturated rings. The van der Waals surface area contributed by atoms with Crippen LogP contribution in [0, 0.1) is 20.2 Å². The number of hydrogen-bond acceptors (Lipinski definition) is 8. The zero-order chi connectivity index (χ0) is 15.4. The zero-order valence-electron chi connectivity index (χ0n) is 9.85. The van der Waals surface area contributed by atoms with Crippen LogP contribution in [0.4, 0.5) is 11.4 Å². The molecular weight excluding hydrogens is 276 g/mol. The number of nitrogens with zero attached hydrogens (tertiary/aromatic N) is 2. The fourth-order valence-corrected chi connectivity index (χ4v) is 1.49. The molecule has 0 aliphatic heterocycles. The van der Waals surface area contributed by atoms with Crippen LogP contribution in [0.25, 0.3) is 0 Å². The molecule has 1 aromatic rings. The molecule has 0 unspecified atom stereocenters. The fraction of sp³-hybridized carbons (Fsp3) is 0.222. The highest BCUT2D eigenvalue weighted by Gasteiger charge is 2.27. The number of phenols is 1. The molecule has 0 bridgehead atoms. The molecule has 0 saturated heterocycles. The van der Waals surface area contributed by atoms with Gasteiger partial charge in [0, 0.05) is 12.1 Å². The molecule has 0 saturated carbocycles. The molecule has 0 spiro atoms. The van der Waals surface area contributed by atoms with E-state index in [2.05, 4.69) is 0 Å². The van der Waals surface area contributed by atoms with Crippen molar-refractivity contribution < 1.29 is 25.0 Å². The third-order valence-corrected chi connectivity index (χ3v) is 2.43. The summed E-state index contributed by atoms with van der Waals surface area (Å²) in [7, 11) is 0. The molecule has 0 radical (unpaired) electrons. The van der Waals surface area contributed by atoms with Gasteiger partial charge in [-0.05, 0) is 12.0 Å². The summed E-state index contributed by atoms with van der Waals surface area (Å²) in [4.78, 5) is 30.4. The summed E-state index contributed by atoms with van der Waals surface area (Å²) in [6.45, 7) is 0. The minimum Gasteiger partial charge on any atom is -0.497 e. The van der Waals surface area contributed by atoms with Gasteiger partial charge in [0.15, 0.2) is 0 Å². The van der Waals surface area contributed by atoms with Gasteiger partial charge < -0.3 is 10.8 Å². The first-order chi connectivity index (χ1) is 9.27. The summed E-state index contributed by atoms with van der Waals surface area (Å²) in [6.07, 6.45) is -0.297. The van der Waals surface area contributed by atoms with E-state index in [4.69, 9.17) is 10.9 Å². The molecule has 1 aromatic carbocycles. The summed E-state index contributed by atoms with van der Waals surface area (Å²) >= 11 is 0. The average Bonchev–Trinajstić information content (AvgIpc) is 2.38. The van der Waals surface area contributed by atoms with Crippen molar-refractivity contribution in [3.63, 3.8) is 0 Å². The van der Waals surface area contributed by atoms with Crippen molar-refractivity contribution in [3.05, 3.63) is 37.9 Å². The van der Waals surface area contributed by atoms with Gasteiger partial charge in [0.1, 0.15) is 0 Å². The van der Waals surface area contributed by atoms with Crippen LogP contribution in [-0.4, -0.2) is 32.1 Å². The second kappa shape index (κ2) is 5.90. The van der Waals surface area contributed by atoms with Crippen molar-refractivity contribution in [2.75, 3.05) is 0 Å². The first-order valence-corrected chi connectivity index (χ1v) is 5.12. The SMILES string of the molecule is N[C@@H](Cc1cc([N+](=O)[O-])c(O)c([N+](=O)[O-])c1)C(=O)NO. The first kappa shape index (κ1) is 15.3. The monoisotopic (exact) mass is 286 g/mol. The van der Waals surface area contributed by atoms with Crippen LogP contribution < -0.4 is 11.2 Å². The lowest BCUT2D eigenvalue weighted by molar-refractivity contribution is -0.396. The highest BCUT2D eigenvalue weighted by Crippen LogP contribution is 2.36. The van der Waals surface area contributed by atoms with E-state index in [1.807, 2.05) is 0 Å². The van der Waals surface area contributed by atoms with E-state index in [9.17, 15) is 30.1 Å². The molecule has 0 aliphatic carbocycles. The number of benzene rings is 1. The molecule has 20 heavy (non-hydrogen) atoms. The van der Waals surface area contributed by atoms with Crippen molar-refractivity contribution in [2.24, 2.45) is 5.73 Å². The number of hydrogen-bond donors (Lipinski definition) is 4. The first-order valence-electron chi connectivity index (χ1n) is 5.12. The zero-order valence-corrected chi connectivity index (χ0v) is 9.85. The molecule has 0 aromatic heterocycles. The summed E-state index contributed by atoms with van der Waals surface area (Å²) in [5, 5.41) is 39.2. The number of nitrogens with two attached hydrogens (primary N) is 1. The van der Waals surface area contributed by atoms with Crippen LogP contribution in [0.15, 0.2) is 12.1 Å². The molecule has 1 atom stereocenters. The lowest BCUT2D eigenvalue weighted by Crippen LogP contribution is -2.40. The Labute approximate surface area is 110 Å². The number of hydroxylamine groups is 1. The van der Waals surface area contributed by atoms with E-state index in [-0.39, 0.29) is 12.0 Å². The Balaban J connectivity index is 3.24.